The first-order chi connectivity index (χ1) is 14.2. The Morgan fingerprint density at radius 3 is 2.43 bits per heavy atom. The van der Waals surface area contributed by atoms with Gasteiger partial charge < -0.3 is 10.6 Å². The zero-order valence-electron chi connectivity index (χ0n) is 18.4. The van der Waals surface area contributed by atoms with Crippen LogP contribution in [0.1, 0.15) is 49.8 Å². The zero-order chi connectivity index (χ0) is 21.7. The molecule has 7 nitrogen and oxygen atoms in total. The lowest BCUT2D eigenvalue weighted by Gasteiger charge is -2.32. The van der Waals surface area contributed by atoms with Crippen molar-refractivity contribution in [3.63, 3.8) is 0 Å². The van der Waals surface area contributed by atoms with Crippen LogP contribution in [0.5, 0.6) is 0 Å². The molecule has 1 aromatic heterocycles. The Morgan fingerprint density at radius 1 is 1.13 bits per heavy atom. The van der Waals surface area contributed by atoms with E-state index in [1.165, 1.54) is 0 Å². The summed E-state index contributed by atoms with van der Waals surface area (Å²) in [4.78, 5) is 26.9. The Bertz CT molecular complexity index is 861. The number of hydrogen-bond acceptors (Lipinski definition) is 4. The largest absolute Gasteiger partial charge is 0.350 e. The molecular weight excluding hydrogens is 378 g/mol. The van der Waals surface area contributed by atoms with Crippen molar-refractivity contribution >= 4 is 11.8 Å². The van der Waals surface area contributed by atoms with E-state index in [0.29, 0.717) is 24.7 Å². The van der Waals surface area contributed by atoms with Crippen LogP contribution in [-0.4, -0.2) is 58.2 Å². The highest BCUT2D eigenvalue weighted by Crippen LogP contribution is 2.17. The number of para-hydroxylation sites is 1. The summed E-state index contributed by atoms with van der Waals surface area (Å²) in [5, 5.41) is 10.5. The van der Waals surface area contributed by atoms with Crippen LogP contribution < -0.4 is 10.6 Å². The molecule has 1 aromatic carbocycles. The number of likely N-dealkylation sites (tertiary alicyclic amines) is 1. The van der Waals surface area contributed by atoms with E-state index in [4.69, 9.17) is 0 Å². The molecular formula is C23H33N5O2. The van der Waals surface area contributed by atoms with E-state index in [1.54, 1.807) is 4.68 Å². The second-order valence-electron chi connectivity index (χ2n) is 9.15. The summed E-state index contributed by atoms with van der Waals surface area (Å²) in [5.74, 6) is 0.353. The van der Waals surface area contributed by atoms with Gasteiger partial charge in [0.25, 0.3) is 5.91 Å². The number of nitrogens with zero attached hydrogens (tertiary/aromatic N) is 3. The minimum absolute atomic E-state index is 0.0682. The average Bonchev–Trinajstić information content (AvgIpc) is 3.08. The van der Waals surface area contributed by atoms with Crippen molar-refractivity contribution in [2.45, 2.75) is 46.1 Å². The van der Waals surface area contributed by atoms with Crippen LogP contribution in [0.4, 0.5) is 0 Å². The molecule has 0 bridgehead atoms. The predicted molar refractivity (Wildman–Crippen MR) is 118 cm³/mol. The van der Waals surface area contributed by atoms with Crippen LogP contribution in [0, 0.1) is 12.8 Å². The third-order valence-electron chi connectivity index (χ3n) is 5.26. The number of piperidine rings is 1. The normalized spacial score (nSPS) is 15.7. The Hall–Kier alpha value is -2.67. The predicted octanol–water partition coefficient (Wildman–Crippen LogP) is 2.54. The number of carbonyl (C=O) groups excluding carboxylic acids is 2. The van der Waals surface area contributed by atoms with Gasteiger partial charge in [0, 0.05) is 17.8 Å². The SMILES string of the molecule is Cc1cc(C(=O)NCC2CCN(CC(=O)NC(C)(C)C)CC2)nn1-c1ccccc1. The minimum atomic E-state index is -0.203. The second-order valence-corrected chi connectivity index (χ2v) is 9.15. The maximum atomic E-state index is 12.6. The van der Waals surface area contributed by atoms with Crippen LogP contribution in [0.25, 0.3) is 5.69 Å². The number of carbonyl (C=O) groups is 2. The summed E-state index contributed by atoms with van der Waals surface area (Å²) in [5.41, 5.74) is 2.10. The molecule has 1 saturated heterocycles. The maximum absolute atomic E-state index is 12.6. The minimum Gasteiger partial charge on any atom is -0.350 e. The van der Waals surface area contributed by atoms with Crippen LogP contribution in [-0.2, 0) is 4.79 Å². The molecule has 0 radical (unpaired) electrons. The lowest BCUT2D eigenvalue weighted by molar-refractivity contribution is -0.124. The molecule has 0 spiro atoms. The molecule has 2 N–H and O–H groups in total. The third kappa shape index (κ3) is 6.16. The van der Waals surface area contributed by atoms with E-state index in [1.807, 2.05) is 64.1 Å². The summed E-state index contributed by atoms with van der Waals surface area (Å²) in [7, 11) is 0. The highest BCUT2D eigenvalue weighted by Gasteiger charge is 2.23. The molecule has 2 amide bonds. The van der Waals surface area contributed by atoms with Gasteiger partial charge in [-0.3, -0.25) is 14.5 Å². The Kier molecular flexibility index (Phi) is 6.92. The van der Waals surface area contributed by atoms with Crippen LogP contribution in [0.3, 0.4) is 0 Å². The molecule has 2 aromatic rings. The first-order valence-electron chi connectivity index (χ1n) is 10.6. The molecule has 0 unspecified atom stereocenters. The van der Waals surface area contributed by atoms with Crippen molar-refractivity contribution in [1.29, 1.82) is 0 Å². The summed E-state index contributed by atoms with van der Waals surface area (Å²) in [6.07, 6.45) is 1.95. The van der Waals surface area contributed by atoms with Crippen LogP contribution >= 0.6 is 0 Å². The first kappa shape index (κ1) is 22.0. The number of benzene rings is 1. The van der Waals surface area contributed by atoms with Crippen LogP contribution in [0.2, 0.25) is 0 Å². The van der Waals surface area contributed by atoms with Crippen LogP contribution in [0.15, 0.2) is 36.4 Å². The Labute approximate surface area is 178 Å². The summed E-state index contributed by atoms with van der Waals surface area (Å²) in [6.45, 7) is 10.7. The van der Waals surface area contributed by atoms with E-state index >= 15 is 0 Å². The van der Waals surface area contributed by atoms with Gasteiger partial charge in [-0.1, -0.05) is 18.2 Å². The van der Waals surface area contributed by atoms with Crippen molar-refractivity contribution in [2.75, 3.05) is 26.2 Å². The van der Waals surface area contributed by atoms with Gasteiger partial charge >= 0.3 is 0 Å². The van der Waals surface area contributed by atoms with Crippen molar-refractivity contribution in [1.82, 2.24) is 25.3 Å². The Balaban J connectivity index is 1.45. The molecule has 2 heterocycles. The smallest absolute Gasteiger partial charge is 0.271 e. The second kappa shape index (κ2) is 9.43. The summed E-state index contributed by atoms with van der Waals surface area (Å²) in [6, 6.07) is 11.6. The quantitative estimate of drug-likeness (QED) is 0.766. The molecule has 0 saturated carbocycles. The number of nitrogens with one attached hydrogen (secondary N) is 2. The van der Waals surface area contributed by atoms with Gasteiger partial charge in [0.2, 0.25) is 5.91 Å². The van der Waals surface area contributed by atoms with Crippen molar-refractivity contribution in [3.8, 4) is 5.69 Å². The number of hydrogen-bond donors (Lipinski definition) is 2. The molecule has 30 heavy (non-hydrogen) atoms. The Morgan fingerprint density at radius 2 is 1.80 bits per heavy atom. The lowest BCUT2D eigenvalue weighted by atomic mass is 9.96. The highest BCUT2D eigenvalue weighted by atomic mass is 16.2. The standard InChI is InChI=1S/C23H33N5O2/c1-17-14-20(26-28(17)19-8-6-5-7-9-19)22(30)24-15-18-10-12-27(13-11-18)16-21(29)25-23(2,3)4/h5-9,14,18H,10-13,15-16H2,1-4H3,(H,24,30)(H,25,29). The van der Waals surface area contributed by atoms with E-state index < -0.39 is 0 Å². The van der Waals surface area contributed by atoms with E-state index in [-0.39, 0.29) is 17.4 Å². The molecule has 0 atom stereocenters. The highest BCUT2D eigenvalue weighted by molar-refractivity contribution is 5.92. The monoisotopic (exact) mass is 411 g/mol. The van der Waals surface area contributed by atoms with Gasteiger partial charge in [-0.25, -0.2) is 4.68 Å². The fraction of sp³-hybridized carbons (Fsp3) is 0.522. The van der Waals surface area contributed by atoms with Crippen molar-refractivity contribution in [3.05, 3.63) is 47.8 Å². The van der Waals surface area contributed by atoms with Gasteiger partial charge in [-0.2, -0.15) is 5.10 Å². The van der Waals surface area contributed by atoms with Crippen molar-refractivity contribution in [2.24, 2.45) is 5.92 Å². The molecule has 3 rings (SSSR count). The molecule has 1 fully saturated rings. The fourth-order valence-corrected chi connectivity index (χ4v) is 3.75. The van der Waals surface area contributed by atoms with Gasteiger partial charge in [0.05, 0.1) is 12.2 Å². The topological polar surface area (TPSA) is 79.3 Å². The van der Waals surface area contributed by atoms with Gasteiger partial charge in [-0.15, -0.1) is 0 Å². The number of aromatic nitrogens is 2. The van der Waals surface area contributed by atoms with E-state index in [0.717, 1.165) is 37.3 Å². The number of amides is 2. The first-order valence-corrected chi connectivity index (χ1v) is 10.6. The molecule has 0 aliphatic carbocycles. The molecule has 1 aliphatic heterocycles. The number of rotatable bonds is 6. The maximum Gasteiger partial charge on any atom is 0.271 e. The van der Waals surface area contributed by atoms with E-state index in [9.17, 15) is 9.59 Å². The van der Waals surface area contributed by atoms with Crippen molar-refractivity contribution < 1.29 is 9.59 Å². The fourth-order valence-electron chi connectivity index (χ4n) is 3.75. The van der Waals surface area contributed by atoms with Gasteiger partial charge in [0.1, 0.15) is 0 Å². The van der Waals surface area contributed by atoms with E-state index in [2.05, 4.69) is 20.6 Å². The summed E-state index contributed by atoms with van der Waals surface area (Å²) < 4.78 is 1.79. The van der Waals surface area contributed by atoms with Gasteiger partial charge in [0.15, 0.2) is 5.69 Å². The molecule has 7 heteroatoms. The average molecular weight is 412 g/mol. The lowest BCUT2D eigenvalue weighted by Crippen LogP contribution is -2.48. The summed E-state index contributed by atoms with van der Waals surface area (Å²) >= 11 is 0. The third-order valence-corrected chi connectivity index (χ3v) is 5.26. The zero-order valence-corrected chi connectivity index (χ0v) is 18.4. The molecule has 162 valence electrons. The number of aryl methyl sites for hydroxylation is 1. The van der Waals surface area contributed by atoms with Gasteiger partial charge in [-0.05, 0) is 77.7 Å². The molecule has 1 aliphatic rings.